The molecule has 1 atom stereocenters. The Hall–Kier alpha value is -1.63. The molecule has 0 radical (unpaired) electrons. The molecule has 2 amide bonds. The van der Waals surface area contributed by atoms with E-state index in [4.69, 9.17) is 0 Å². The molecule has 2 saturated heterocycles. The first-order chi connectivity index (χ1) is 12.6. The molecule has 0 aliphatic carbocycles. The molecule has 2 aliphatic heterocycles. The lowest BCUT2D eigenvalue weighted by molar-refractivity contribution is -0.147. The topological polar surface area (TPSA) is 68.2 Å². The molecule has 7 nitrogen and oxygen atoms in total. The minimum absolute atomic E-state index is 0.0538. The average molecular weight is 366 g/mol. The van der Waals surface area contributed by atoms with Gasteiger partial charge in [-0.05, 0) is 38.8 Å². The minimum atomic E-state index is -0.0538. The summed E-state index contributed by atoms with van der Waals surface area (Å²) in [5.41, 5.74) is 0. The molecule has 0 aromatic rings. The summed E-state index contributed by atoms with van der Waals surface area (Å²) in [6.45, 7) is 13.5. The first kappa shape index (κ1) is 20.7. The standard InChI is InChI=1S/C19H35N5O2/c1-4-20-19(21-11-13-24-17(25)8-7-9-18(24)26)23-12-10-16(15-23)14-22(5-2)6-3/h16H,4-15H2,1-3H3,(H,20,21). The summed E-state index contributed by atoms with van der Waals surface area (Å²) in [5, 5.41) is 3.36. The first-order valence-electron chi connectivity index (χ1n) is 10.2. The number of hydrogen-bond acceptors (Lipinski definition) is 4. The third-order valence-corrected chi connectivity index (χ3v) is 5.30. The normalized spacial score (nSPS) is 21.8. The predicted octanol–water partition coefficient (Wildman–Crippen LogP) is 1.15. The van der Waals surface area contributed by atoms with Crippen molar-refractivity contribution in [3.63, 3.8) is 0 Å². The van der Waals surface area contributed by atoms with Crippen LogP contribution in [0, 0.1) is 5.92 Å². The fraction of sp³-hybridized carbons (Fsp3) is 0.842. The van der Waals surface area contributed by atoms with Gasteiger partial charge in [0, 0.05) is 45.6 Å². The Morgan fingerprint density at radius 3 is 2.50 bits per heavy atom. The highest BCUT2D eigenvalue weighted by molar-refractivity contribution is 5.97. The molecule has 1 N–H and O–H groups in total. The molecule has 0 aromatic carbocycles. The molecular weight excluding hydrogens is 330 g/mol. The zero-order valence-electron chi connectivity index (χ0n) is 16.7. The molecule has 0 spiro atoms. The predicted molar refractivity (Wildman–Crippen MR) is 104 cm³/mol. The summed E-state index contributed by atoms with van der Waals surface area (Å²) in [4.78, 5) is 34.6. The number of carbonyl (C=O) groups excluding carboxylic acids is 2. The van der Waals surface area contributed by atoms with E-state index >= 15 is 0 Å². The number of guanidine groups is 1. The van der Waals surface area contributed by atoms with Crippen LogP contribution in [0.25, 0.3) is 0 Å². The number of amides is 2. The van der Waals surface area contributed by atoms with Crippen LogP contribution in [0.3, 0.4) is 0 Å². The van der Waals surface area contributed by atoms with Crippen molar-refractivity contribution in [3.05, 3.63) is 0 Å². The van der Waals surface area contributed by atoms with E-state index in [2.05, 4.69) is 40.9 Å². The quantitative estimate of drug-likeness (QED) is 0.397. The highest BCUT2D eigenvalue weighted by Gasteiger charge is 2.27. The summed E-state index contributed by atoms with van der Waals surface area (Å²) in [5.74, 6) is 1.47. The molecule has 2 rings (SSSR count). The van der Waals surface area contributed by atoms with E-state index in [-0.39, 0.29) is 11.8 Å². The van der Waals surface area contributed by atoms with Gasteiger partial charge in [0.1, 0.15) is 0 Å². The van der Waals surface area contributed by atoms with Crippen molar-refractivity contribution in [2.45, 2.75) is 46.5 Å². The number of hydrogen-bond donors (Lipinski definition) is 1. The van der Waals surface area contributed by atoms with Gasteiger partial charge < -0.3 is 15.1 Å². The van der Waals surface area contributed by atoms with Gasteiger partial charge in [0.25, 0.3) is 0 Å². The maximum absolute atomic E-state index is 11.9. The van der Waals surface area contributed by atoms with Crippen molar-refractivity contribution in [3.8, 4) is 0 Å². The van der Waals surface area contributed by atoms with E-state index in [1.165, 1.54) is 11.3 Å². The third-order valence-electron chi connectivity index (χ3n) is 5.30. The largest absolute Gasteiger partial charge is 0.357 e. The molecule has 0 aromatic heterocycles. The summed E-state index contributed by atoms with van der Waals surface area (Å²) in [6, 6.07) is 0. The first-order valence-corrected chi connectivity index (χ1v) is 10.2. The molecule has 0 bridgehead atoms. The van der Waals surface area contributed by atoms with Crippen LogP contribution in [-0.4, -0.2) is 84.8 Å². The molecule has 2 heterocycles. The van der Waals surface area contributed by atoms with Crippen molar-refractivity contribution in [2.24, 2.45) is 10.9 Å². The number of carbonyl (C=O) groups is 2. The monoisotopic (exact) mass is 365 g/mol. The van der Waals surface area contributed by atoms with Crippen molar-refractivity contribution in [1.29, 1.82) is 0 Å². The van der Waals surface area contributed by atoms with E-state index in [1.54, 1.807) is 0 Å². The van der Waals surface area contributed by atoms with Gasteiger partial charge in [0.2, 0.25) is 11.8 Å². The lowest BCUT2D eigenvalue weighted by atomic mass is 10.1. The van der Waals surface area contributed by atoms with Crippen molar-refractivity contribution < 1.29 is 9.59 Å². The van der Waals surface area contributed by atoms with Crippen molar-refractivity contribution in [1.82, 2.24) is 20.0 Å². The van der Waals surface area contributed by atoms with Crippen LogP contribution in [0.2, 0.25) is 0 Å². The number of aliphatic imine (C=N–C) groups is 1. The summed E-state index contributed by atoms with van der Waals surface area (Å²) in [6.07, 6.45) is 2.83. The van der Waals surface area contributed by atoms with Crippen LogP contribution in [-0.2, 0) is 9.59 Å². The maximum Gasteiger partial charge on any atom is 0.229 e. The van der Waals surface area contributed by atoms with Gasteiger partial charge in [-0.3, -0.25) is 19.5 Å². The van der Waals surface area contributed by atoms with Gasteiger partial charge in [-0.2, -0.15) is 0 Å². The zero-order chi connectivity index (χ0) is 18.9. The number of nitrogens with zero attached hydrogens (tertiary/aromatic N) is 4. The van der Waals surface area contributed by atoms with E-state index in [1.807, 2.05) is 0 Å². The lowest BCUT2D eigenvalue weighted by Crippen LogP contribution is -2.43. The lowest BCUT2D eigenvalue weighted by Gasteiger charge is -2.26. The molecule has 2 aliphatic rings. The molecule has 0 saturated carbocycles. The van der Waals surface area contributed by atoms with Crippen LogP contribution in [0.15, 0.2) is 4.99 Å². The van der Waals surface area contributed by atoms with Crippen LogP contribution in [0.1, 0.15) is 46.5 Å². The molecule has 26 heavy (non-hydrogen) atoms. The van der Waals surface area contributed by atoms with Crippen molar-refractivity contribution in [2.75, 3.05) is 52.4 Å². The summed E-state index contributed by atoms with van der Waals surface area (Å²) in [7, 11) is 0. The molecule has 148 valence electrons. The Kier molecular flexibility index (Phi) is 8.35. The molecular formula is C19H35N5O2. The molecule has 2 fully saturated rings. The SMILES string of the molecule is CCNC(=NCCN1C(=O)CCCC1=O)N1CCC(CN(CC)CC)C1. The van der Waals surface area contributed by atoms with Crippen LogP contribution < -0.4 is 5.32 Å². The van der Waals surface area contributed by atoms with E-state index in [0.29, 0.717) is 38.3 Å². The van der Waals surface area contributed by atoms with E-state index in [9.17, 15) is 9.59 Å². The summed E-state index contributed by atoms with van der Waals surface area (Å²) >= 11 is 0. The fourth-order valence-corrected chi connectivity index (χ4v) is 3.75. The Balaban J connectivity index is 1.88. The third kappa shape index (κ3) is 5.69. The average Bonchev–Trinajstić information content (AvgIpc) is 3.09. The Morgan fingerprint density at radius 1 is 1.19 bits per heavy atom. The minimum Gasteiger partial charge on any atom is -0.357 e. The number of nitrogens with one attached hydrogen (secondary N) is 1. The molecule has 7 heteroatoms. The van der Waals surface area contributed by atoms with Crippen LogP contribution in [0.5, 0.6) is 0 Å². The second kappa shape index (κ2) is 10.5. The number of likely N-dealkylation sites (tertiary alicyclic amines) is 2. The Bertz CT molecular complexity index is 488. The molecule has 1 unspecified atom stereocenters. The van der Waals surface area contributed by atoms with Crippen molar-refractivity contribution >= 4 is 17.8 Å². The Morgan fingerprint density at radius 2 is 1.88 bits per heavy atom. The summed E-state index contributed by atoms with van der Waals surface area (Å²) < 4.78 is 0. The van der Waals surface area contributed by atoms with E-state index < -0.39 is 0 Å². The maximum atomic E-state index is 11.9. The van der Waals surface area contributed by atoms with Gasteiger partial charge in [0.15, 0.2) is 5.96 Å². The van der Waals surface area contributed by atoms with Gasteiger partial charge in [0.05, 0.1) is 6.54 Å². The highest BCUT2D eigenvalue weighted by Crippen LogP contribution is 2.18. The van der Waals surface area contributed by atoms with Crippen LogP contribution >= 0.6 is 0 Å². The Labute approximate surface area is 157 Å². The number of piperidine rings is 1. The van der Waals surface area contributed by atoms with Crippen LogP contribution in [0.4, 0.5) is 0 Å². The number of imide groups is 1. The second-order valence-electron chi connectivity index (χ2n) is 7.11. The van der Waals surface area contributed by atoms with Gasteiger partial charge >= 0.3 is 0 Å². The van der Waals surface area contributed by atoms with E-state index in [0.717, 1.165) is 45.2 Å². The highest BCUT2D eigenvalue weighted by atomic mass is 16.2. The number of rotatable bonds is 8. The zero-order valence-corrected chi connectivity index (χ0v) is 16.7. The second-order valence-corrected chi connectivity index (χ2v) is 7.11. The van der Waals surface area contributed by atoms with Gasteiger partial charge in [-0.25, -0.2) is 0 Å². The van der Waals surface area contributed by atoms with Gasteiger partial charge in [-0.1, -0.05) is 13.8 Å². The van der Waals surface area contributed by atoms with Gasteiger partial charge in [-0.15, -0.1) is 0 Å². The fourth-order valence-electron chi connectivity index (χ4n) is 3.75. The smallest absolute Gasteiger partial charge is 0.229 e.